The molecule has 0 radical (unpaired) electrons. The van der Waals surface area contributed by atoms with Gasteiger partial charge < -0.3 is 15.8 Å². The normalized spacial score (nSPS) is 10.1. The topological polar surface area (TPSA) is 98.5 Å². The highest BCUT2D eigenvalue weighted by atomic mass is 35.5. The number of hydrogen-bond donors (Lipinski definition) is 2. The molecule has 2 rings (SSSR count). The lowest BCUT2D eigenvalue weighted by atomic mass is 10.1. The Hall–Kier alpha value is -2.86. The number of hydrogen-bond acceptors (Lipinski definition) is 5. The molecule has 3 N–H and O–H groups in total. The molecule has 0 spiro atoms. The van der Waals surface area contributed by atoms with Crippen LogP contribution in [0, 0.1) is 0 Å². The number of esters is 1. The molecule has 0 fully saturated rings. The summed E-state index contributed by atoms with van der Waals surface area (Å²) >= 11 is 5.83. The average molecular weight is 347 g/mol. The summed E-state index contributed by atoms with van der Waals surface area (Å²) in [7, 11) is 0. The number of nitrogens with two attached hydrogens (primary N) is 1. The fourth-order valence-corrected chi connectivity index (χ4v) is 2.08. The number of ketones is 1. The van der Waals surface area contributed by atoms with Crippen molar-refractivity contribution in [2.75, 3.05) is 17.7 Å². The van der Waals surface area contributed by atoms with Gasteiger partial charge in [-0.15, -0.1) is 0 Å². The van der Waals surface area contributed by atoms with Crippen LogP contribution in [0.2, 0.25) is 5.02 Å². The predicted molar refractivity (Wildman–Crippen MR) is 91.2 cm³/mol. The van der Waals surface area contributed by atoms with Crippen molar-refractivity contribution in [3.8, 4) is 0 Å². The molecular weight excluding hydrogens is 332 g/mol. The standard InChI is InChI=1S/C17H15ClN2O4/c1-10(21)11-5-7-12(8-6-11)20-15(22)9-24-17(23)13-3-2-4-14(18)16(13)19/h2-8H,9,19H2,1H3,(H,20,22). The molecule has 0 unspecified atom stereocenters. The van der Waals surface area contributed by atoms with Crippen molar-refractivity contribution in [3.63, 3.8) is 0 Å². The zero-order valence-corrected chi connectivity index (χ0v) is 13.6. The Kier molecular flexibility index (Phi) is 5.55. The van der Waals surface area contributed by atoms with Crippen molar-refractivity contribution in [1.82, 2.24) is 0 Å². The molecule has 0 saturated heterocycles. The third-order valence-corrected chi connectivity index (χ3v) is 3.51. The number of amides is 1. The van der Waals surface area contributed by atoms with Crippen LogP contribution in [0.4, 0.5) is 11.4 Å². The van der Waals surface area contributed by atoms with Gasteiger partial charge in [-0.2, -0.15) is 0 Å². The van der Waals surface area contributed by atoms with Gasteiger partial charge >= 0.3 is 5.97 Å². The zero-order valence-electron chi connectivity index (χ0n) is 12.8. The van der Waals surface area contributed by atoms with Crippen LogP contribution < -0.4 is 11.1 Å². The minimum Gasteiger partial charge on any atom is -0.452 e. The van der Waals surface area contributed by atoms with Gasteiger partial charge in [0.05, 0.1) is 16.3 Å². The van der Waals surface area contributed by atoms with Crippen LogP contribution in [0.15, 0.2) is 42.5 Å². The van der Waals surface area contributed by atoms with Gasteiger partial charge in [0, 0.05) is 11.3 Å². The van der Waals surface area contributed by atoms with Crippen molar-refractivity contribution >= 4 is 40.6 Å². The van der Waals surface area contributed by atoms with Gasteiger partial charge in [0.1, 0.15) is 0 Å². The smallest absolute Gasteiger partial charge is 0.340 e. The van der Waals surface area contributed by atoms with E-state index in [0.29, 0.717) is 11.3 Å². The minimum atomic E-state index is -0.739. The van der Waals surface area contributed by atoms with E-state index in [1.54, 1.807) is 36.4 Å². The van der Waals surface area contributed by atoms with Crippen LogP contribution in [0.3, 0.4) is 0 Å². The third-order valence-electron chi connectivity index (χ3n) is 3.18. The largest absolute Gasteiger partial charge is 0.452 e. The second kappa shape index (κ2) is 7.61. The number of anilines is 2. The number of carbonyl (C=O) groups is 3. The lowest BCUT2D eigenvalue weighted by molar-refractivity contribution is -0.119. The molecular formula is C17H15ClN2O4. The first-order valence-electron chi connectivity index (χ1n) is 7.00. The van der Waals surface area contributed by atoms with Crippen LogP contribution in [0.25, 0.3) is 0 Å². The highest BCUT2D eigenvalue weighted by Crippen LogP contribution is 2.22. The second-order valence-corrected chi connectivity index (χ2v) is 5.37. The molecule has 124 valence electrons. The average Bonchev–Trinajstić information content (AvgIpc) is 2.55. The Balaban J connectivity index is 1.92. The van der Waals surface area contributed by atoms with Crippen LogP contribution in [-0.4, -0.2) is 24.3 Å². The molecule has 0 aliphatic rings. The molecule has 7 heteroatoms. The molecule has 24 heavy (non-hydrogen) atoms. The van der Waals surface area contributed by atoms with E-state index in [1.165, 1.54) is 13.0 Å². The molecule has 0 aliphatic heterocycles. The Labute approximate surface area is 143 Å². The number of ether oxygens (including phenoxy) is 1. The number of Topliss-reactive ketones (excluding diaryl/α,β-unsaturated/α-hetero) is 1. The summed E-state index contributed by atoms with van der Waals surface area (Å²) in [6, 6.07) is 10.9. The lowest BCUT2D eigenvalue weighted by Gasteiger charge is -2.09. The van der Waals surface area contributed by atoms with Crippen molar-refractivity contribution < 1.29 is 19.1 Å². The molecule has 2 aromatic rings. The van der Waals surface area contributed by atoms with Gasteiger partial charge in [-0.1, -0.05) is 17.7 Å². The van der Waals surface area contributed by atoms with Gasteiger partial charge in [0.25, 0.3) is 5.91 Å². The molecule has 0 aliphatic carbocycles. The first-order chi connectivity index (χ1) is 11.4. The van der Waals surface area contributed by atoms with Crippen molar-refractivity contribution in [2.24, 2.45) is 0 Å². The SMILES string of the molecule is CC(=O)c1ccc(NC(=O)COC(=O)c2cccc(Cl)c2N)cc1. The van der Waals surface area contributed by atoms with Crippen LogP contribution in [0.5, 0.6) is 0 Å². The third kappa shape index (κ3) is 4.33. The first kappa shape index (κ1) is 17.5. The predicted octanol–water partition coefficient (Wildman–Crippen LogP) is 2.92. The number of nitrogens with one attached hydrogen (secondary N) is 1. The minimum absolute atomic E-state index is 0.0686. The summed E-state index contributed by atoms with van der Waals surface area (Å²) in [5.74, 6) is -1.32. The summed E-state index contributed by atoms with van der Waals surface area (Å²) in [5, 5.41) is 2.79. The number of rotatable bonds is 5. The van der Waals surface area contributed by atoms with E-state index in [-0.39, 0.29) is 22.1 Å². The van der Waals surface area contributed by atoms with Gasteiger partial charge in [-0.25, -0.2) is 4.79 Å². The highest BCUT2D eigenvalue weighted by Gasteiger charge is 2.15. The van der Waals surface area contributed by atoms with Gasteiger partial charge in [0.2, 0.25) is 0 Å². The molecule has 0 aromatic heterocycles. The van der Waals surface area contributed by atoms with E-state index in [9.17, 15) is 14.4 Å². The summed E-state index contributed by atoms with van der Waals surface area (Å²) in [6.07, 6.45) is 0. The van der Waals surface area contributed by atoms with Crippen LogP contribution >= 0.6 is 11.6 Å². The number of carbonyl (C=O) groups excluding carboxylic acids is 3. The fourth-order valence-electron chi connectivity index (χ4n) is 1.91. The van der Waals surface area contributed by atoms with E-state index >= 15 is 0 Å². The maximum absolute atomic E-state index is 11.9. The Morgan fingerprint density at radius 1 is 1.12 bits per heavy atom. The Morgan fingerprint density at radius 3 is 2.42 bits per heavy atom. The quantitative estimate of drug-likeness (QED) is 0.492. The van der Waals surface area contributed by atoms with E-state index in [4.69, 9.17) is 22.1 Å². The van der Waals surface area contributed by atoms with Gasteiger partial charge in [0.15, 0.2) is 12.4 Å². The number of nitrogen functional groups attached to an aromatic ring is 1. The maximum Gasteiger partial charge on any atom is 0.340 e. The van der Waals surface area contributed by atoms with Crippen molar-refractivity contribution in [2.45, 2.75) is 6.92 Å². The van der Waals surface area contributed by atoms with Crippen molar-refractivity contribution in [1.29, 1.82) is 0 Å². The molecule has 1 amide bonds. The van der Waals surface area contributed by atoms with Crippen molar-refractivity contribution in [3.05, 3.63) is 58.6 Å². The summed E-state index contributed by atoms with van der Waals surface area (Å²) < 4.78 is 4.92. The van der Waals surface area contributed by atoms with E-state index in [1.807, 2.05) is 0 Å². The summed E-state index contributed by atoms with van der Waals surface area (Å²) in [6.45, 7) is 0.980. The summed E-state index contributed by atoms with van der Waals surface area (Å²) in [5.41, 5.74) is 6.92. The summed E-state index contributed by atoms with van der Waals surface area (Å²) in [4.78, 5) is 34.9. The second-order valence-electron chi connectivity index (χ2n) is 4.96. The monoisotopic (exact) mass is 346 g/mol. The molecule has 2 aromatic carbocycles. The fraction of sp³-hybridized carbons (Fsp3) is 0.118. The molecule has 0 heterocycles. The molecule has 6 nitrogen and oxygen atoms in total. The van der Waals surface area contributed by atoms with Crippen LogP contribution in [0.1, 0.15) is 27.6 Å². The molecule has 0 saturated carbocycles. The van der Waals surface area contributed by atoms with E-state index in [0.717, 1.165) is 0 Å². The molecule has 0 bridgehead atoms. The van der Waals surface area contributed by atoms with Gasteiger partial charge in [-0.05, 0) is 43.3 Å². The zero-order chi connectivity index (χ0) is 17.7. The van der Waals surface area contributed by atoms with Crippen LogP contribution in [-0.2, 0) is 9.53 Å². The Bertz CT molecular complexity index is 788. The number of halogens is 1. The first-order valence-corrected chi connectivity index (χ1v) is 7.38. The molecule has 0 atom stereocenters. The lowest BCUT2D eigenvalue weighted by Crippen LogP contribution is -2.21. The number of benzene rings is 2. The van der Waals surface area contributed by atoms with E-state index in [2.05, 4.69) is 5.32 Å². The Morgan fingerprint density at radius 2 is 1.79 bits per heavy atom. The maximum atomic E-state index is 11.9. The van der Waals surface area contributed by atoms with Gasteiger partial charge in [-0.3, -0.25) is 9.59 Å². The van der Waals surface area contributed by atoms with E-state index < -0.39 is 18.5 Å². The number of para-hydroxylation sites is 1. The highest BCUT2D eigenvalue weighted by molar-refractivity contribution is 6.33.